The molecule has 1 atom stereocenters. The monoisotopic (exact) mass is 392 g/mol. The van der Waals surface area contributed by atoms with Gasteiger partial charge in [-0.15, -0.1) is 0 Å². The van der Waals surface area contributed by atoms with Gasteiger partial charge >= 0.3 is 0 Å². The first-order chi connectivity index (χ1) is 13.1. The number of ether oxygens (including phenoxy) is 2. The van der Waals surface area contributed by atoms with E-state index in [2.05, 4.69) is 10.2 Å². The fourth-order valence-corrected chi connectivity index (χ4v) is 5.02. The number of nitrogens with zero attached hydrogens (tertiary/aromatic N) is 1. The number of carbonyl (C=O) groups is 2. The van der Waals surface area contributed by atoms with Gasteiger partial charge in [-0.2, -0.15) is 11.8 Å². The van der Waals surface area contributed by atoms with Crippen LogP contribution in [0.1, 0.15) is 30.1 Å². The van der Waals surface area contributed by atoms with E-state index < -0.39 is 0 Å². The SMILES string of the molecule is CCC(=O)c1ccc(OCC(=O)NCC2(N3CCOCC3)CCSC2)cc1. The zero-order valence-corrected chi connectivity index (χ0v) is 16.7. The zero-order valence-electron chi connectivity index (χ0n) is 15.9. The van der Waals surface area contributed by atoms with Crippen molar-refractivity contribution in [2.45, 2.75) is 25.3 Å². The largest absolute Gasteiger partial charge is 0.484 e. The summed E-state index contributed by atoms with van der Waals surface area (Å²) in [6, 6.07) is 6.95. The van der Waals surface area contributed by atoms with Crippen molar-refractivity contribution in [1.29, 1.82) is 0 Å². The molecular weight excluding hydrogens is 364 g/mol. The fourth-order valence-electron chi connectivity index (χ4n) is 3.54. The number of ketones is 1. The summed E-state index contributed by atoms with van der Waals surface area (Å²) in [6.45, 7) is 5.84. The number of hydrogen-bond acceptors (Lipinski definition) is 6. The summed E-state index contributed by atoms with van der Waals surface area (Å²) < 4.78 is 11.0. The summed E-state index contributed by atoms with van der Waals surface area (Å²) in [7, 11) is 0. The molecule has 7 heteroatoms. The van der Waals surface area contributed by atoms with E-state index >= 15 is 0 Å². The molecule has 0 radical (unpaired) electrons. The second-order valence-corrected chi connectivity index (χ2v) is 8.10. The van der Waals surface area contributed by atoms with Gasteiger partial charge in [0.15, 0.2) is 12.4 Å². The van der Waals surface area contributed by atoms with Gasteiger partial charge in [-0.25, -0.2) is 0 Å². The van der Waals surface area contributed by atoms with Crippen LogP contribution in [0.15, 0.2) is 24.3 Å². The molecule has 0 aliphatic carbocycles. The molecule has 0 saturated carbocycles. The lowest BCUT2D eigenvalue weighted by atomic mass is 9.95. The van der Waals surface area contributed by atoms with E-state index in [-0.39, 0.29) is 23.8 Å². The molecule has 2 fully saturated rings. The van der Waals surface area contributed by atoms with Gasteiger partial charge in [0.2, 0.25) is 0 Å². The second kappa shape index (κ2) is 9.57. The van der Waals surface area contributed by atoms with Gasteiger partial charge in [0.05, 0.1) is 13.2 Å². The van der Waals surface area contributed by atoms with Crippen molar-refractivity contribution in [1.82, 2.24) is 10.2 Å². The van der Waals surface area contributed by atoms with Crippen molar-refractivity contribution < 1.29 is 19.1 Å². The fraction of sp³-hybridized carbons (Fsp3) is 0.600. The van der Waals surface area contributed by atoms with E-state index in [1.54, 1.807) is 24.3 Å². The van der Waals surface area contributed by atoms with Crippen molar-refractivity contribution in [3.63, 3.8) is 0 Å². The summed E-state index contributed by atoms with van der Waals surface area (Å²) in [5.74, 6) is 2.75. The Bertz CT molecular complexity index is 638. The number of thioether (sulfide) groups is 1. The lowest BCUT2D eigenvalue weighted by Crippen LogP contribution is -2.59. The van der Waals surface area contributed by atoms with Crippen LogP contribution in [0.25, 0.3) is 0 Å². The van der Waals surface area contributed by atoms with Gasteiger partial charge in [-0.05, 0) is 36.4 Å². The molecule has 27 heavy (non-hydrogen) atoms. The Kier molecular flexibility index (Phi) is 7.15. The second-order valence-electron chi connectivity index (χ2n) is 6.99. The third kappa shape index (κ3) is 5.24. The number of rotatable bonds is 8. The van der Waals surface area contributed by atoms with Crippen LogP contribution in [-0.2, 0) is 9.53 Å². The minimum absolute atomic E-state index is 0.0204. The number of morpholine rings is 1. The number of nitrogens with one attached hydrogen (secondary N) is 1. The summed E-state index contributed by atoms with van der Waals surface area (Å²) in [5.41, 5.74) is 0.701. The van der Waals surface area contributed by atoms with Crippen LogP contribution < -0.4 is 10.1 Å². The first kappa shape index (κ1) is 20.2. The molecule has 1 N–H and O–H groups in total. The molecule has 2 aliphatic heterocycles. The number of hydrogen-bond donors (Lipinski definition) is 1. The normalized spacial score (nSPS) is 23.1. The van der Waals surface area contributed by atoms with E-state index in [0.29, 0.717) is 24.3 Å². The highest BCUT2D eigenvalue weighted by Gasteiger charge is 2.40. The maximum absolute atomic E-state index is 12.3. The van der Waals surface area contributed by atoms with Crippen molar-refractivity contribution in [2.75, 3.05) is 51.0 Å². The van der Waals surface area contributed by atoms with Crippen LogP contribution in [0, 0.1) is 0 Å². The standard InChI is InChI=1S/C20H28N2O4S/c1-2-18(23)16-3-5-17(6-4-16)26-13-19(24)21-14-20(7-12-27-15-20)22-8-10-25-11-9-22/h3-6H,2,7-15H2,1H3,(H,21,24). The third-order valence-electron chi connectivity index (χ3n) is 5.25. The average Bonchev–Trinajstić information content (AvgIpc) is 3.21. The molecule has 148 valence electrons. The number of carbonyl (C=O) groups excluding carboxylic acids is 2. The molecule has 1 aromatic carbocycles. The minimum atomic E-state index is -0.117. The lowest BCUT2D eigenvalue weighted by Gasteiger charge is -2.43. The molecule has 2 saturated heterocycles. The number of amides is 1. The lowest BCUT2D eigenvalue weighted by molar-refractivity contribution is -0.124. The maximum atomic E-state index is 12.3. The highest BCUT2D eigenvalue weighted by molar-refractivity contribution is 7.99. The summed E-state index contributed by atoms with van der Waals surface area (Å²) in [6.07, 6.45) is 1.57. The van der Waals surface area contributed by atoms with Crippen LogP contribution in [0.5, 0.6) is 5.75 Å². The quantitative estimate of drug-likeness (QED) is 0.683. The summed E-state index contributed by atoms with van der Waals surface area (Å²) in [5, 5.41) is 3.06. The van der Waals surface area contributed by atoms with E-state index in [1.165, 1.54) is 0 Å². The van der Waals surface area contributed by atoms with E-state index in [4.69, 9.17) is 9.47 Å². The molecule has 1 aromatic rings. The number of benzene rings is 1. The van der Waals surface area contributed by atoms with Crippen LogP contribution in [0.2, 0.25) is 0 Å². The van der Waals surface area contributed by atoms with Crippen LogP contribution >= 0.6 is 11.8 Å². The van der Waals surface area contributed by atoms with Crippen molar-refractivity contribution in [2.24, 2.45) is 0 Å². The van der Waals surface area contributed by atoms with Crippen LogP contribution in [-0.4, -0.2) is 73.1 Å². The molecule has 6 nitrogen and oxygen atoms in total. The van der Waals surface area contributed by atoms with Crippen molar-refractivity contribution in [3.8, 4) is 5.75 Å². The Hall–Kier alpha value is -1.57. The Labute approximate surface area is 165 Å². The van der Waals surface area contributed by atoms with Crippen LogP contribution in [0.4, 0.5) is 0 Å². The van der Waals surface area contributed by atoms with E-state index in [1.807, 2.05) is 18.7 Å². The minimum Gasteiger partial charge on any atom is -0.484 e. The van der Waals surface area contributed by atoms with Gasteiger partial charge in [0.1, 0.15) is 5.75 Å². The van der Waals surface area contributed by atoms with E-state index in [9.17, 15) is 9.59 Å². The molecular formula is C20H28N2O4S. The van der Waals surface area contributed by atoms with Gasteiger partial charge in [-0.1, -0.05) is 6.92 Å². The Morgan fingerprint density at radius 3 is 2.63 bits per heavy atom. The topological polar surface area (TPSA) is 67.9 Å². The predicted octanol–water partition coefficient (Wildman–Crippen LogP) is 1.98. The highest BCUT2D eigenvalue weighted by atomic mass is 32.2. The molecule has 0 aromatic heterocycles. The molecule has 2 heterocycles. The molecule has 1 unspecified atom stereocenters. The Balaban J connectivity index is 1.47. The van der Waals surface area contributed by atoms with Crippen molar-refractivity contribution in [3.05, 3.63) is 29.8 Å². The van der Waals surface area contributed by atoms with Gasteiger partial charge in [0.25, 0.3) is 5.91 Å². The van der Waals surface area contributed by atoms with Crippen molar-refractivity contribution >= 4 is 23.5 Å². The molecule has 0 bridgehead atoms. The van der Waals surface area contributed by atoms with Gasteiger partial charge < -0.3 is 14.8 Å². The summed E-state index contributed by atoms with van der Waals surface area (Å²) in [4.78, 5) is 26.4. The van der Waals surface area contributed by atoms with E-state index in [0.717, 1.165) is 44.2 Å². The molecule has 2 aliphatic rings. The smallest absolute Gasteiger partial charge is 0.258 e. The third-order valence-corrected chi connectivity index (χ3v) is 6.48. The average molecular weight is 393 g/mol. The van der Waals surface area contributed by atoms with Crippen LogP contribution in [0.3, 0.4) is 0 Å². The Morgan fingerprint density at radius 1 is 1.26 bits per heavy atom. The van der Waals surface area contributed by atoms with Gasteiger partial charge in [-0.3, -0.25) is 14.5 Å². The Morgan fingerprint density at radius 2 is 2.00 bits per heavy atom. The number of Topliss-reactive ketones (excluding diaryl/α,β-unsaturated/α-hetero) is 1. The molecule has 3 rings (SSSR count). The predicted molar refractivity (Wildman–Crippen MR) is 107 cm³/mol. The maximum Gasteiger partial charge on any atom is 0.258 e. The summed E-state index contributed by atoms with van der Waals surface area (Å²) >= 11 is 1.95. The first-order valence-corrected chi connectivity index (χ1v) is 10.7. The molecule has 1 amide bonds. The zero-order chi connectivity index (χ0) is 19.1. The first-order valence-electron chi connectivity index (χ1n) is 9.56. The highest BCUT2D eigenvalue weighted by Crippen LogP contribution is 2.33. The molecule has 0 spiro atoms. The van der Waals surface area contributed by atoms with Gasteiger partial charge in [0, 0.05) is 42.9 Å².